The average Bonchev–Trinajstić information content (AvgIpc) is 2.34. The predicted octanol–water partition coefficient (Wildman–Crippen LogP) is 1.65. The van der Waals surface area contributed by atoms with Crippen LogP contribution in [0.4, 0.5) is 0 Å². The molecular formula is C14H20N2O4. The van der Waals surface area contributed by atoms with Crippen LogP contribution in [-0.2, 0) is 4.79 Å². The van der Waals surface area contributed by atoms with Crippen molar-refractivity contribution in [2.24, 2.45) is 11.8 Å². The molecule has 0 aliphatic carbocycles. The maximum Gasteiger partial charge on any atom is 0.303 e. The standard InChI is InChI=1S/C14H20N2O4/c1-9(2)5-10(6-13(18)19)7-16-14(20)11-3-4-15-8-12(11)17/h3-4,8-10,17H,5-7H2,1-2H3,(H,16,20)(H,18,19). The van der Waals surface area contributed by atoms with Crippen LogP contribution in [0.5, 0.6) is 5.75 Å². The zero-order valence-electron chi connectivity index (χ0n) is 11.7. The second kappa shape index (κ2) is 7.47. The summed E-state index contributed by atoms with van der Waals surface area (Å²) in [5.41, 5.74) is 0.138. The van der Waals surface area contributed by atoms with Crippen LogP contribution in [0.2, 0.25) is 0 Å². The van der Waals surface area contributed by atoms with E-state index < -0.39 is 11.9 Å². The van der Waals surface area contributed by atoms with Gasteiger partial charge in [0.25, 0.3) is 5.91 Å². The predicted molar refractivity (Wildman–Crippen MR) is 73.4 cm³/mol. The molecule has 20 heavy (non-hydrogen) atoms. The van der Waals surface area contributed by atoms with Crippen molar-refractivity contribution in [3.63, 3.8) is 0 Å². The fourth-order valence-electron chi connectivity index (χ4n) is 2.06. The minimum absolute atomic E-state index is 0.0147. The van der Waals surface area contributed by atoms with Crippen LogP contribution in [0, 0.1) is 11.8 Å². The van der Waals surface area contributed by atoms with Gasteiger partial charge in [0.2, 0.25) is 0 Å². The summed E-state index contributed by atoms with van der Waals surface area (Å²) in [6.07, 6.45) is 3.34. The number of aromatic hydroxyl groups is 1. The van der Waals surface area contributed by atoms with E-state index in [1.54, 1.807) is 0 Å². The number of aliphatic carboxylic acids is 1. The maximum atomic E-state index is 11.9. The number of carbonyl (C=O) groups excluding carboxylic acids is 1. The number of amides is 1. The molecule has 0 bridgehead atoms. The Morgan fingerprint density at radius 1 is 1.40 bits per heavy atom. The van der Waals surface area contributed by atoms with Crippen molar-refractivity contribution >= 4 is 11.9 Å². The van der Waals surface area contributed by atoms with Crippen molar-refractivity contribution in [1.82, 2.24) is 10.3 Å². The topological polar surface area (TPSA) is 99.5 Å². The summed E-state index contributed by atoms with van der Waals surface area (Å²) in [6.45, 7) is 4.28. The molecule has 0 aromatic carbocycles. The van der Waals surface area contributed by atoms with E-state index in [1.807, 2.05) is 13.8 Å². The third kappa shape index (κ3) is 5.26. The van der Waals surface area contributed by atoms with Gasteiger partial charge in [0.05, 0.1) is 11.8 Å². The van der Waals surface area contributed by atoms with Gasteiger partial charge in [-0.05, 0) is 24.3 Å². The molecule has 1 amide bonds. The van der Waals surface area contributed by atoms with Gasteiger partial charge >= 0.3 is 5.97 Å². The number of carboxylic acid groups (broad SMARTS) is 1. The molecule has 0 spiro atoms. The van der Waals surface area contributed by atoms with Crippen molar-refractivity contribution in [1.29, 1.82) is 0 Å². The molecule has 1 aromatic heterocycles. The zero-order chi connectivity index (χ0) is 15.1. The number of aromatic nitrogens is 1. The summed E-state index contributed by atoms with van der Waals surface area (Å²) in [5.74, 6) is -1.27. The van der Waals surface area contributed by atoms with Crippen molar-refractivity contribution in [2.45, 2.75) is 26.7 Å². The van der Waals surface area contributed by atoms with Gasteiger partial charge in [-0.15, -0.1) is 0 Å². The SMILES string of the molecule is CC(C)CC(CNC(=O)c1ccncc1O)CC(=O)O. The minimum atomic E-state index is -0.878. The molecule has 0 radical (unpaired) electrons. The number of pyridine rings is 1. The first-order valence-corrected chi connectivity index (χ1v) is 6.53. The largest absolute Gasteiger partial charge is 0.505 e. The highest BCUT2D eigenvalue weighted by molar-refractivity contribution is 5.96. The van der Waals surface area contributed by atoms with Crippen LogP contribution in [-0.4, -0.2) is 33.6 Å². The van der Waals surface area contributed by atoms with Crippen molar-refractivity contribution < 1.29 is 19.8 Å². The van der Waals surface area contributed by atoms with Crippen LogP contribution in [0.25, 0.3) is 0 Å². The van der Waals surface area contributed by atoms with Crippen molar-refractivity contribution in [3.05, 3.63) is 24.0 Å². The molecule has 1 aromatic rings. The van der Waals surface area contributed by atoms with Gasteiger partial charge in [0.1, 0.15) is 5.75 Å². The summed E-state index contributed by atoms with van der Waals surface area (Å²) in [7, 11) is 0. The molecule has 110 valence electrons. The quantitative estimate of drug-likeness (QED) is 0.705. The molecule has 0 fully saturated rings. The fraction of sp³-hybridized carbons (Fsp3) is 0.500. The fourth-order valence-corrected chi connectivity index (χ4v) is 2.06. The number of nitrogens with one attached hydrogen (secondary N) is 1. The van der Waals surface area contributed by atoms with Crippen LogP contribution >= 0.6 is 0 Å². The Morgan fingerprint density at radius 2 is 2.10 bits per heavy atom. The van der Waals surface area contributed by atoms with Crippen LogP contribution in [0.15, 0.2) is 18.5 Å². The first-order chi connectivity index (χ1) is 9.40. The van der Waals surface area contributed by atoms with Gasteiger partial charge in [-0.1, -0.05) is 13.8 Å². The maximum absolute atomic E-state index is 11.9. The monoisotopic (exact) mass is 280 g/mol. The van der Waals surface area contributed by atoms with Gasteiger partial charge in [-0.2, -0.15) is 0 Å². The third-order valence-electron chi connectivity index (χ3n) is 2.86. The minimum Gasteiger partial charge on any atom is -0.505 e. The Morgan fingerprint density at radius 3 is 2.65 bits per heavy atom. The van der Waals surface area contributed by atoms with Gasteiger partial charge in [0.15, 0.2) is 0 Å². The Hall–Kier alpha value is -2.11. The highest BCUT2D eigenvalue weighted by Crippen LogP contribution is 2.16. The second-order valence-corrected chi connectivity index (χ2v) is 5.20. The Kier molecular flexibility index (Phi) is 5.96. The number of carbonyl (C=O) groups is 2. The number of rotatable bonds is 7. The summed E-state index contributed by atoms with van der Waals surface area (Å²) >= 11 is 0. The van der Waals surface area contributed by atoms with Crippen LogP contribution < -0.4 is 5.32 Å². The smallest absolute Gasteiger partial charge is 0.303 e. The lowest BCUT2D eigenvalue weighted by Crippen LogP contribution is -2.31. The molecule has 6 nitrogen and oxygen atoms in total. The van der Waals surface area contributed by atoms with Gasteiger partial charge in [-0.25, -0.2) is 0 Å². The lowest BCUT2D eigenvalue weighted by molar-refractivity contribution is -0.138. The number of hydrogen-bond acceptors (Lipinski definition) is 4. The lowest BCUT2D eigenvalue weighted by atomic mass is 9.94. The highest BCUT2D eigenvalue weighted by Gasteiger charge is 2.17. The first kappa shape index (κ1) is 15.9. The van der Waals surface area contributed by atoms with E-state index in [2.05, 4.69) is 10.3 Å². The molecule has 1 atom stereocenters. The van der Waals surface area contributed by atoms with Crippen LogP contribution in [0.1, 0.15) is 37.0 Å². The van der Waals surface area contributed by atoms with Gasteiger partial charge < -0.3 is 15.5 Å². The molecule has 1 unspecified atom stereocenters. The van der Waals surface area contributed by atoms with Crippen LogP contribution in [0.3, 0.4) is 0 Å². The molecule has 1 heterocycles. The molecule has 0 saturated heterocycles. The van der Waals surface area contributed by atoms with Crippen molar-refractivity contribution in [2.75, 3.05) is 6.54 Å². The molecule has 6 heteroatoms. The summed E-state index contributed by atoms with van der Waals surface area (Å²) in [5, 5.41) is 21.0. The summed E-state index contributed by atoms with van der Waals surface area (Å²) in [4.78, 5) is 26.4. The molecule has 0 aliphatic heterocycles. The highest BCUT2D eigenvalue weighted by atomic mass is 16.4. The third-order valence-corrected chi connectivity index (χ3v) is 2.86. The van der Waals surface area contributed by atoms with Crippen molar-refractivity contribution in [3.8, 4) is 5.75 Å². The van der Waals surface area contributed by atoms with E-state index in [-0.39, 0.29) is 30.2 Å². The van der Waals surface area contributed by atoms with Gasteiger partial charge in [0, 0.05) is 19.2 Å². The van der Waals surface area contributed by atoms with E-state index in [9.17, 15) is 14.7 Å². The molecule has 3 N–H and O–H groups in total. The number of hydrogen-bond donors (Lipinski definition) is 3. The van der Waals surface area contributed by atoms with Gasteiger partial charge in [-0.3, -0.25) is 14.6 Å². The normalized spacial score (nSPS) is 12.2. The lowest BCUT2D eigenvalue weighted by Gasteiger charge is -2.17. The van der Waals surface area contributed by atoms with E-state index >= 15 is 0 Å². The summed E-state index contributed by atoms with van der Waals surface area (Å²) in [6, 6.07) is 1.42. The Balaban J connectivity index is 2.60. The van der Waals surface area contributed by atoms with E-state index in [4.69, 9.17) is 5.11 Å². The molecule has 0 aliphatic rings. The van der Waals surface area contributed by atoms with E-state index in [0.29, 0.717) is 5.92 Å². The average molecular weight is 280 g/mol. The second-order valence-electron chi connectivity index (χ2n) is 5.20. The molecular weight excluding hydrogens is 260 g/mol. The Bertz CT molecular complexity index is 474. The zero-order valence-corrected chi connectivity index (χ0v) is 11.7. The first-order valence-electron chi connectivity index (χ1n) is 6.53. The molecule has 1 rings (SSSR count). The Labute approximate surface area is 117 Å². The molecule has 0 saturated carbocycles. The number of carboxylic acids is 1. The number of nitrogens with zero attached hydrogens (tertiary/aromatic N) is 1. The van der Waals surface area contributed by atoms with E-state index in [0.717, 1.165) is 6.42 Å². The summed E-state index contributed by atoms with van der Waals surface area (Å²) < 4.78 is 0. The van der Waals surface area contributed by atoms with E-state index in [1.165, 1.54) is 18.5 Å².